The van der Waals surface area contributed by atoms with E-state index in [1.165, 1.54) is 48.8 Å². The molecule has 14 rings (SSSR count). The average molecular weight is 1200 g/mol. The number of imidazole rings is 4. The molecule has 3 aliphatic heterocycles. The van der Waals surface area contributed by atoms with Crippen LogP contribution in [0.4, 0.5) is 0 Å². The van der Waals surface area contributed by atoms with Crippen LogP contribution < -0.4 is 5.32 Å². The lowest BCUT2D eigenvalue weighted by Crippen LogP contribution is -2.40. The third kappa shape index (κ3) is 12.6. The van der Waals surface area contributed by atoms with E-state index in [2.05, 4.69) is 141 Å². The molecule has 0 radical (unpaired) electrons. The highest BCUT2D eigenvalue weighted by atomic mass is 16.2. The second kappa shape index (κ2) is 26.6. The summed E-state index contributed by atoms with van der Waals surface area (Å²) in [6.45, 7) is 6.69. The van der Waals surface area contributed by atoms with Crippen molar-refractivity contribution >= 4 is 11.8 Å². The Morgan fingerprint density at radius 1 is 0.433 bits per heavy atom. The number of aryl methyl sites for hydroxylation is 2. The first kappa shape index (κ1) is 59.9. The molecule has 5 N–H and O–H groups in total. The van der Waals surface area contributed by atoms with Crippen molar-refractivity contribution < 1.29 is 9.59 Å². The summed E-state index contributed by atoms with van der Waals surface area (Å²) in [5, 5.41) is 3.53. The molecule has 5 atom stereocenters. The minimum atomic E-state index is -0.345. The van der Waals surface area contributed by atoms with Gasteiger partial charge in [0.1, 0.15) is 35.4 Å². The fraction of sp³-hybridized carbons (Fsp3) is 0.333. The van der Waals surface area contributed by atoms with Crippen LogP contribution >= 0.6 is 0 Å². The van der Waals surface area contributed by atoms with Crippen molar-refractivity contribution in [2.45, 2.75) is 114 Å². The van der Waals surface area contributed by atoms with E-state index in [0.717, 1.165) is 148 Å². The quantitative estimate of drug-likeness (QED) is 0.0631. The third-order valence-electron chi connectivity index (χ3n) is 18.9. The number of nitrogens with zero attached hydrogens (tertiary/aromatic N) is 8. The van der Waals surface area contributed by atoms with Crippen LogP contribution in [-0.2, 0) is 9.59 Å². The summed E-state index contributed by atoms with van der Waals surface area (Å²) < 4.78 is 0. The maximum atomic E-state index is 14.0. The highest BCUT2D eigenvalue weighted by Crippen LogP contribution is 2.40. The SMILES string of the molecule is Cc1[nH]c([C@@H]2CCCN2)nc1-c1ccc(-c2ccc(-c3cnc(C4CCCC4)[nH]3)cc2)cc1.Cc1[nH]c([C@@H]2CCCN2C(=O)[C@@H](c2ccccc2)N(C)C)nc1-c1ccc(-c2ccc(-c3cnc([C@@H]4CCCN4C(=O)[C@@H](c4ccccc4)N(C)C)[nH]3)cc2)cc1. The number of H-pyrrole nitrogens is 4. The van der Waals surface area contributed by atoms with E-state index in [4.69, 9.17) is 15.0 Å². The molecule has 2 amide bonds. The predicted molar refractivity (Wildman–Crippen MR) is 358 cm³/mol. The lowest BCUT2D eigenvalue weighted by molar-refractivity contribution is -0.138. The molecule has 6 aromatic carbocycles. The fourth-order valence-electron chi connectivity index (χ4n) is 14.2. The predicted octanol–water partition coefficient (Wildman–Crippen LogP) is 14.9. The van der Waals surface area contributed by atoms with Crippen LogP contribution in [0.3, 0.4) is 0 Å². The summed E-state index contributed by atoms with van der Waals surface area (Å²) in [5.41, 5.74) is 17.2. The number of aromatic amines is 4. The van der Waals surface area contributed by atoms with Crippen molar-refractivity contribution in [1.29, 1.82) is 0 Å². The number of likely N-dealkylation sites (N-methyl/N-ethyl adjacent to an activating group) is 2. The van der Waals surface area contributed by atoms with E-state index in [1.54, 1.807) is 0 Å². The number of benzene rings is 6. The van der Waals surface area contributed by atoms with E-state index in [9.17, 15) is 9.59 Å². The number of rotatable bonds is 16. The van der Waals surface area contributed by atoms with Gasteiger partial charge in [0, 0.05) is 41.5 Å². The number of hydrogen-bond acceptors (Lipinski definition) is 9. The molecule has 0 bridgehead atoms. The minimum Gasteiger partial charge on any atom is -0.344 e. The molecule has 4 fully saturated rings. The van der Waals surface area contributed by atoms with E-state index in [-0.39, 0.29) is 36.0 Å². The van der Waals surface area contributed by atoms with Crippen LogP contribution in [0.5, 0.6) is 0 Å². The van der Waals surface area contributed by atoms with Crippen LogP contribution in [0.2, 0.25) is 0 Å². The monoisotopic (exact) mass is 1200 g/mol. The van der Waals surface area contributed by atoms with Gasteiger partial charge in [-0.15, -0.1) is 0 Å². The summed E-state index contributed by atoms with van der Waals surface area (Å²) in [7, 11) is 7.85. The molecule has 3 saturated heterocycles. The van der Waals surface area contributed by atoms with Crippen molar-refractivity contribution in [2.75, 3.05) is 47.8 Å². The van der Waals surface area contributed by atoms with E-state index in [0.29, 0.717) is 12.0 Å². The van der Waals surface area contributed by atoms with Crippen molar-refractivity contribution in [3.8, 4) is 67.3 Å². The molecule has 7 heterocycles. The van der Waals surface area contributed by atoms with Crippen LogP contribution in [0.15, 0.2) is 170 Å². The second-order valence-electron chi connectivity index (χ2n) is 25.4. The van der Waals surface area contributed by atoms with Gasteiger partial charge >= 0.3 is 0 Å². The number of nitrogens with one attached hydrogen (secondary N) is 5. The van der Waals surface area contributed by atoms with Gasteiger partial charge in [0.25, 0.3) is 0 Å². The summed E-state index contributed by atoms with van der Waals surface area (Å²) >= 11 is 0. The Bertz CT molecular complexity index is 4020. The fourth-order valence-corrected chi connectivity index (χ4v) is 14.2. The van der Waals surface area contributed by atoms with Gasteiger partial charge in [-0.1, -0.05) is 171 Å². The molecule has 15 nitrogen and oxygen atoms in total. The second-order valence-corrected chi connectivity index (χ2v) is 25.4. The summed E-state index contributed by atoms with van der Waals surface area (Å²) in [4.78, 5) is 69.5. The summed E-state index contributed by atoms with van der Waals surface area (Å²) in [6, 6.07) is 54.1. The Morgan fingerprint density at radius 3 is 1.28 bits per heavy atom. The first-order valence-corrected chi connectivity index (χ1v) is 32.3. The number of carbonyl (C=O) groups is 2. The van der Waals surface area contributed by atoms with Gasteiger partial charge in [-0.05, 0) is 144 Å². The summed E-state index contributed by atoms with van der Waals surface area (Å²) in [6.07, 6.45) is 15.1. The smallest absolute Gasteiger partial charge is 0.245 e. The Labute approximate surface area is 528 Å². The van der Waals surface area contributed by atoms with Crippen molar-refractivity contribution in [2.24, 2.45) is 0 Å². The first-order valence-electron chi connectivity index (χ1n) is 32.3. The maximum Gasteiger partial charge on any atom is 0.245 e. The summed E-state index contributed by atoms with van der Waals surface area (Å²) in [5.74, 6) is 4.72. The largest absolute Gasteiger partial charge is 0.344 e. The molecular weight excluding hydrogens is 1110 g/mol. The normalized spacial score (nSPS) is 18.4. The highest BCUT2D eigenvalue weighted by Gasteiger charge is 2.39. The molecule has 460 valence electrons. The highest BCUT2D eigenvalue weighted by molar-refractivity contribution is 5.85. The Balaban J connectivity index is 0.000000190. The number of amides is 2. The van der Waals surface area contributed by atoms with Gasteiger partial charge < -0.3 is 35.1 Å². The van der Waals surface area contributed by atoms with Crippen LogP contribution in [0.25, 0.3) is 67.3 Å². The van der Waals surface area contributed by atoms with Crippen LogP contribution in [-0.4, -0.2) is 119 Å². The van der Waals surface area contributed by atoms with Crippen molar-refractivity contribution in [1.82, 2.24) is 64.8 Å². The van der Waals surface area contributed by atoms with E-state index >= 15 is 0 Å². The lowest BCUT2D eigenvalue weighted by Gasteiger charge is -2.31. The van der Waals surface area contributed by atoms with Crippen molar-refractivity contribution in [3.63, 3.8) is 0 Å². The lowest BCUT2D eigenvalue weighted by atomic mass is 10.0. The number of aromatic nitrogens is 8. The minimum absolute atomic E-state index is 0.0842. The number of carbonyl (C=O) groups excluding carboxylic acids is 2. The van der Waals surface area contributed by atoms with E-state index in [1.807, 2.05) is 121 Å². The molecule has 0 spiro atoms. The van der Waals surface area contributed by atoms with Gasteiger partial charge in [-0.2, -0.15) is 0 Å². The Morgan fingerprint density at radius 2 is 0.833 bits per heavy atom. The van der Waals surface area contributed by atoms with Crippen LogP contribution in [0.1, 0.15) is 146 Å². The number of likely N-dealkylation sites (tertiary alicyclic amines) is 2. The zero-order valence-electron chi connectivity index (χ0n) is 52.7. The maximum absolute atomic E-state index is 14.0. The van der Waals surface area contributed by atoms with Gasteiger partial charge in [0.2, 0.25) is 11.8 Å². The van der Waals surface area contributed by atoms with Gasteiger partial charge in [-0.3, -0.25) is 19.4 Å². The number of hydrogen-bond donors (Lipinski definition) is 5. The molecule has 4 aromatic heterocycles. The molecule has 1 aliphatic carbocycles. The molecule has 4 aliphatic rings. The van der Waals surface area contributed by atoms with Crippen LogP contribution in [0, 0.1) is 13.8 Å². The molecule has 0 unspecified atom stereocenters. The first-order chi connectivity index (χ1) is 43.9. The zero-order chi connectivity index (χ0) is 61.8. The zero-order valence-corrected chi connectivity index (χ0v) is 52.7. The molecule has 1 saturated carbocycles. The van der Waals surface area contributed by atoms with Gasteiger partial charge in [0.05, 0.1) is 53.3 Å². The molecular formula is C75H83N13O2. The molecule has 10 aromatic rings. The van der Waals surface area contributed by atoms with E-state index < -0.39 is 0 Å². The van der Waals surface area contributed by atoms with Gasteiger partial charge in [-0.25, -0.2) is 19.9 Å². The van der Waals surface area contributed by atoms with Gasteiger partial charge in [0.15, 0.2) is 0 Å². The third-order valence-corrected chi connectivity index (χ3v) is 18.9. The molecule has 90 heavy (non-hydrogen) atoms. The average Bonchev–Trinajstić information content (AvgIpc) is 2.24. The Hall–Kier alpha value is -9.02. The topological polar surface area (TPSA) is 174 Å². The standard InChI is InChI=1S/C47H52N8O2.C28H31N5/c1-31-41(51-45(49-31)40-19-13-29-55(40)47(57)43(53(4)5)37-16-10-7-11-17-37)35-26-22-33(23-27-35)32-20-24-34(25-21-32)38-30-48-44(50-38)39-18-12-28-54(39)46(56)42(52(2)3)36-14-8-6-9-15-36;1-18-26(33-28(31-18)24-7-4-16-29-24)22-14-10-20(11-15-22)19-8-12-21(13-9-19)25-17-30-27(32-25)23-5-2-3-6-23/h6-11,14-17,20-27,30,39-40,42-43H,12-13,18-19,28-29H2,1-5H3,(H,48,50)(H,49,51);8-15,17,23-24,29H,2-7,16H2,1H3,(H,30,32)(H,31,33)/t39-,40-,42+,43+;24-/m00/s1. The van der Waals surface area contributed by atoms with Crippen molar-refractivity contribution in [3.05, 3.63) is 216 Å². The Kier molecular flexibility index (Phi) is 17.7. The molecule has 15 heteroatoms.